The monoisotopic (exact) mass is 330 g/mol. The van der Waals surface area contributed by atoms with E-state index in [1.165, 1.54) is 0 Å². The van der Waals surface area contributed by atoms with E-state index in [2.05, 4.69) is 10.6 Å². The normalized spacial score (nSPS) is 23.6. The minimum atomic E-state index is -0.838. The molecule has 1 aliphatic heterocycles. The van der Waals surface area contributed by atoms with Gasteiger partial charge in [0.15, 0.2) is 0 Å². The van der Waals surface area contributed by atoms with Gasteiger partial charge in [-0.3, -0.25) is 14.4 Å². The van der Waals surface area contributed by atoms with Crippen LogP contribution in [0.1, 0.15) is 54.4 Å². The summed E-state index contributed by atoms with van der Waals surface area (Å²) in [5, 5.41) is 15.1. The molecule has 6 heteroatoms. The van der Waals surface area contributed by atoms with Gasteiger partial charge in [0.1, 0.15) is 0 Å². The maximum atomic E-state index is 12.6. The first-order valence-electron chi connectivity index (χ1n) is 8.51. The van der Waals surface area contributed by atoms with E-state index < -0.39 is 11.9 Å². The first-order valence-corrected chi connectivity index (χ1v) is 8.51. The number of carboxylic acids is 1. The average Bonchev–Trinajstić information content (AvgIpc) is 2.79. The van der Waals surface area contributed by atoms with Crippen molar-refractivity contribution in [1.29, 1.82) is 0 Å². The molecule has 1 saturated carbocycles. The Balaban J connectivity index is 1.74. The first-order chi connectivity index (χ1) is 11.5. The van der Waals surface area contributed by atoms with E-state index >= 15 is 0 Å². The summed E-state index contributed by atoms with van der Waals surface area (Å²) in [6, 6.07) is 4.87. The molecular weight excluding hydrogens is 308 g/mol. The Morgan fingerprint density at radius 3 is 2.71 bits per heavy atom. The SMILES string of the molecule is O=C1CCc2cc(C(=O)N[C@H]3CCCCC[C@@H]3C(=O)O)ccc2N1. The number of nitrogens with one attached hydrogen (secondary N) is 2. The third-order valence-corrected chi connectivity index (χ3v) is 4.91. The molecule has 1 aliphatic carbocycles. The Hall–Kier alpha value is -2.37. The average molecular weight is 330 g/mol. The standard InChI is InChI=1S/C18H22N2O4/c21-16-9-7-11-10-12(6-8-14(11)19-16)17(22)20-15-5-3-1-2-4-13(15)18(23)24/h6,8,10,13,15H,1-5,7,9H2,(H,19,21)(H,20,22)(H,23,24)/t13-,15-/m0/s1. The molecule has 0 bridgehead atoms. The highest BCUT2D eigenvalue weighted by Gasteiger charge is 2.31. The lowest BCUT2D eigenvalue weighted by molar-refractivity contribution is -0.142. The minimum absolute atomic E-state index is 0.0116. The van der Waals surface area contributed by atoms with Crippen LogP contribution in [0.15, 0.2) is 18.2 Å². The number of carbonyl (C=O) groups excluding carboxylic acids is 2. The van der Waals surface area contributed by atoms with Gasteiger partial charge in [-0.25, -0.2) is 0 Å². The molecule has 128 valence electrons. The second-order valence-electron chi connectivity index (χ2n) is 6.58. The minimum Gasteiger partial charge on any atom is -0.481 e. The first kappa shape index (κ1) is 16.5. The van der Waals surface area contributed by atoms with Crippen LogP contribution < -0.4 is 10.6 Å². The molecule has 0 radical (unpaired) electrons. The van der Waals surface area contributed by atoms with E-state index in [1.54, 1.807) is 18.2 Å². The zero-order valence-electron chi connectivity index (χ0n) is 13.5. The van der Waals surface area contributed by atoms with E-state index in [1.807, 2.05) is 0 Å². The summed E-state index contributed by atoms with van der Waals surface area (Å²) >= 11 is 0. The summed E-state index contributed by atoms with van der Waals surface area (Å²) in [7, 11) is 0. The predicted molar refractivity (Wildman–Crippen MR) is 88.9 cm³/mol. The molecule has 1 aromatic carbocycles. The molecule has 1 aromatic rings. The van der Waals surface area contributed by atoms with E-state index in [-0.39, 0.29) is 17.9 Å². The second-order valence-corrected chi connectivity index (χ2v) is 6.58. The zero-order chi connectivity index (χ0) is 17.1. The maximum Gasteiger partial charge on any atom is 0.308 e. The number of rotatable bonds is 3. The summed E-state index contributed by atoms with van der Waals surface area (Å²) in [4.78, 5) is 35.4. The number of aryl methyl sites for hydroxylation is 1. The Morgan fingerprint density at radius 2 is 1.92 bits per heavy atom. The van der Waals surface area contributed by atoms with Crippen LogP contribution in [0.2, 0.25) is 0 Å². The fourth-order valence-electron chi connectivity index (χ4n) is 3.55. The fourth-order valence-corrected chi connectivity index (χ4v) is 3.55. The van der Waals surface area contributed by atoms with Crippen LogP contribution in [0.5, 0.6) is 0 Å². The number of fused-ring (bicyclic) bond motifs is 1. The van der Waals surface area contributed by atoms with Crippen LogP contribution in [0.25, 0.3) is 0 Å². The fraction of sp³-hybridized carbons (Fsp3) is 0.500. The van der Waals surface area contributed by atoms with Crippen molar-refractivity contribution in [3.8, 4) is 0 Å². The Kier molecular flexibility index (Phi) is 4.83. The molecule has 2 aliphatic rings. The number of aliphatic carboxylic acids is 1. The molecule has 3 N–H and O–H groups in total. The predicted octanol–water partition coefficient (Wildman–Crippen LogP) is 2.33. The van der Waals surface area contributed by atoms with Crippen molar-refractivity contribution >= 4 is 23.5 Å². The summed E-state index contributed by atoms with van der Waals surface area (Å²) in [5.74, 6) is -1.61. The van der Waals surface area contributed by atoms with Gasteiger partial charge in [0.25, 0.3) is 5.91 Å². The highest BCUT2D eigenvalue weighted by molar-refractivity contribution is 5.98. The van der Waals surface area contributed by atoms with Gasteiger partial charge in [0.2, 0.25) is 5.91 Å². The Morgan fingerprint density at radius 1 is 1.12 bits per heavy atom. The van der Waals surface area contributed by atoms with E-state index in [0.29, 0.717) is 31.2 Å². The van der Waals surface area contributed by atoms with Crippen molar-refractivity contribution in [3.63, 3.8) is 0 Å². The van der Waals surface area contributed by atoms with Crippen molar-refractivity contribution in [3.05, 3.63) is 29.3 Å². The second kappa shape index (κ2) is 7.03. The number of anilines is 1. The third kappa shape index (κ3) is 3.58. The lowest BCUT2D eigenvalue weighted by atomic mass is 9.94. The molecule has 0 saturated heterocycles. The molecule has 1 fully saturated rings. The molecule has 6 nitrogen and oxygen atoms in total. The lowest BCUT2D eigenvalue weighted by Gasteiger charge is -2.23. The number of hydrogen-bond acceptors (Lipinski definition) is 3. The van der Waals surface area contributed by atoms with Gasteiger partial charge < -0.3 is 15.7 Å². The quantitative estimate of drug-likeness (QED) is 0.741. The third-order valence-electron chi connectivity index (χ3n) is 4.91. The zero-order valence-corrected chi connectivity index (χ0v) is 13.5. The molecule has 3 rings (SSSR count). The largest absolute Gasteiger partial charge is 0.481 e. The van der Waals surface area contributed by atoms with E-state index in [4.69, 9.17) is 0 Å². The number of carbonyl (C=O) groups is 3. The van der Waals surface area contributed by atoms with Crippen molar-refractivity contribution in [2.24, 2.45) is 5.92 Å². The molecule has 2 atom stereocenters. The van der Waals surface area contributed by atoms with Crippen molar-refractivity contribution in [2.45, 2.75) is 51.0 Å². The number of hydrogen-bond donors (Lipinski definition) is 3. The van der Waals surface area contributed by atoms with Gasteiger partial charge in [-0.1, -0.05) is 19.3 Å². The highest BCUT2D eigenvalue weighted by Crippen LogP contribution is 2.26. The summed E-state index contributed by atoms with van der Waals surface area (Å²) in [5.41, 5.74) is 2.21. The van der Waals surface area contributed by atoms with Crippen molar-refractivity contribution in [1.82, 2.24) is 5.32 Å². The van der Waals surface area contributed by atoms with Crippen molar-refractivity contribution < 1.29 is 19.5 Å². The maximum absolute atomic E-state index is 12.6. The number of amides is 2. The van der Waals surface area contributed by atoms with Gasteiger partial charge in [-0.05, 0) is 43.0 Å². The van der Waals surface area contributed by atoms with Gasteiger partial charge in [0.05, 0.1) is 5.92 Å². The van der Waals surface area contributed by atoms with E-state index in [0.717, 1.165) is 30.5 Å². The molecule has 2 amide bonds. The van der Waals surface area contributed by atoms with Crippen LogP contribution in [-0.4, -0.2) is 28.9 Å². The summed E-state index contributed by atoms with van der Waals surface area (Å²) < 4.78 is 0. The van der Waals surface area contributed by atoms with Crippen molar-refractivity contribution in [2.75, 3.05) is 5.32 Å². The van der Waals surface area contributed by atoms with Crippen LogP contribution in [0.3, 0.4) is 0 Å². The lowest BCUT2D eigenvalue weighted by Crippen LogP contribution is -2.42. The molecule has 0 spiro atoms. The molecule has 1 heterocycles. The van der Waals surface area contributed by atoms with E-state index in [9.17, 15) is 19.5 Å². The molecule has 0 unspecified atom stereocenters. The smallest absolute Gasteiger partial charge is 0.308 e. The molecule has 0 aromatic heterocycles. The summed E-state index contributed by atoms with van der Waals surface area (Å²) in [6.07, 6.45) is 5.17. The Labute approximate surface area is 140 Å². The van der Waals surface area contributed by atoms with Gasteiger partial charge in [0, 0.05) is 23.7 Å². The molecular formula is C18H22N2O4. The topological polar surface area (TPSA) is 95.5 Å². The van der Waals surface area contributed by atoms with Gasteiger partial charge in [-0.15, -0.1) is 0 Å². The number of benzene rings is 1. The van der Waals surface area contributed by atoms with Crippen LogP contribution in [0, 0.1) is 5.92 Å². The van der Waals surface area contributed by atoms with Crippen LogP contribution in [-0.2, 0) is 16.0 Å². The van der Waals surface area contributed by atoms with Crippen LogP contribution in [0.4, 0.5) is 5.69 Å². The summed E-state index contributed by atoms with van der Waals surface area (Å²) in [6.45, 7) is 0. The Bertz CT molecular complexity index is 671. The molecule has 24 heavy (non-hydrogen) atoms. The number of carboxylic acid groups (broad SMARTS) is 1. The van der Waals surface area contributed by atoms with Gasteiger partial charge >= 0.3 is 5.97 Å². The van der Waals surface area contributed by atoms with Gasteiger partial charge in [-0.2, -0.15) is 0 Å². The van der Waals surface area contributed by atoms with Crippen LogP contribution >= 0.6 is 0 Å². The highest BCUT2D eigenvalue weighted by atomic mass is 16.4.